The maximum absolute atomic E-state index is 12.7. The number of amides is 1. The lowest BCUT2D eigenvalue weighted by Crippen LogP contribution is -2.38. The van der Waals surface area contributed by atoms with Crippen LogP contribution < -0.4 is 11.1 Å². The first kappa shape index (κ1) is 15.1. The lowest BCUT2D eigenvalue weighted by molar-refractivity contribution is -0.184. The first-order chi connectivity index (χ1) is 9.66. The molecule has 0 bridgehead atoms. The molecule has 0 heterocycles. The van der Waals surface area contributed by atoms with Gasteiger partial charge in [0.05, 0.1) is 11.0 Å². The average molecular weight is 302 g/mol. The van der Waals surface area contributed by atoms with Gasteiger partial charge in [0.2, 0.25) is 0 Å². The minimum atomic E-state index is -4.34. The van der Waals surface area contributed by atoms with Gasteiger partial charge >= 0.3 is 12.1 Å². The first-order valence-corrected chi connectivity index (χ1v) is 6.14. The van der Waals surface area contributed by atoms with E-state index in [4.69, 9.17) is 10.8 Å². The Bertz CT molecular complexity index is 595. The van der Waals surface area contributed by atoms with Gasteiger partial charge in [-0.25, -0.2) is 4.79 Å². The van der Waals surface area contributed by atoms with Crippen LogP contribution in [0.5, 0.6) is 0 Å². The van der Waals surface area contributed by atoms with Crippen molar-refractivity contribution in [2.75, 3.05) is 12.3 Å². The number of alkyl halides is 3. The predicted molar refractivity (Wildman–Crippen MR) is 67.9 cm³/mol. The van der Waals surface area contributed by atoms with Crippen LogP contribution in [0.4, 0.5) is 18.9 Å². The van der Waals surface area contributed by atoms with E-state index in [2.05, 4.69) is 5.32 Å². The van der Waals surface area contributed by atoms with E-state index in [0.29, 0.717) is 0 Å². The maximum atomic E-state index is 12.7. The molecular weight excluding hydrogens is 289 g/mol. The summed E-state index contributed by atoms with van der Waals surface area (Å²) in [5.74, 6) is -1.96. The second-order valence-electron chi connectivity index (χ2n) is 5.07. The molecule has 1 aromatic carbocycles. The van der Waals surface area contributed by atoms with E-state index in [9.17, 15) is 22.8 Å². The minimum absolute atomic E-state index is 0.00310. The van der Waals surface area contributed by atoms with Gasteiger partial charge in [-0.05, 0) is 31.0 Å². The smallest absolute Gasteiger partial charge is 0.396 e. The molecule has 0 saturated heterocycles. The maximum Gasteiger partial charge on any atom is 0.396 e. The zero-order valence-electron chi connectivity index (χ0n) is 10.8. The molecule has 114 valence electrons. The lowest BCUT2D eigenvalue weighted by Gasteiger charge is -2.19. The van der Waals surface area contributed by atoms with Crippen LogP contribution in [0, 0.1) is 5.41 Å². The number of nitrogens with one attached hydrogen (secondary N) is 1. The topological polar surface area (TPSA) is 92.4 Å². The largest absolute Gasteiger partial charge is 0.478 e. The standard InChI is InChI=1S/C13H13F3N2O3/c14-13(15,16)12(3-4-12)6-18-10(19)7-1-2-8(11(20)21)9(17)5-7/h1-2,5H,3-4,6,17H2,(H,18,19)(H,20,21). The van der Waals surface area contributed by atoms with Crippen LogP contribution in [0.2, 0.25) is 0 Å². The number of nitrogen functional groups attached to an aromatic ring is 1. The number of carboxylic acid groups (broad SMARTS) is 1. The molecule has 1 fully saturated rings. The molecule has 1 saturated carbocycles. The SMILES string of the molecule is Nc1cc(C(=O)NCC2(C(F)(F)F)CC2)ccc1C(=O)O. The van der Waals surface area contributed by atoms with Crippen LogP contribution in [-0.2, 0) is 0 Å². The minimum Gasteiger partial charge on any atom is -0.478 e. The molecule has 8 heteroatoms. The summed E-state index contributed by atoms with van der Waals surface area (Å²) >= 11 is 0. The van der Waals surface area contributed by atoms with E-state index < -0.39 is 30.0 Å². The fourth-order valence-corrected chi connectivity index (χ4v) is 1.96. The Balaban J connectivity index is 2.05. The van der Waals surface area contributed by atoms with Gasteiger partial charge in [0, 0.05) is 17.8 Å². The summed E-state index contributed by atoms with van der Waals surface area (Å²) in [7, 11) is 0. The van der Waals surface area contributed by atoms with E-state index in [1.54, 1.807) is 0 Å². The summed E-state index contributed by atoms with van der Waals surface area (Å²) in [5, 5.41) is 11.0. The van der Waals surface area contributed by atoms with E-state index in [1.165, 1.54) is 6.07 Å². The van der Waals surface area contributed by atoms with Crippen molar-refractivity contribution in [2.24, 2.45) is 5.41 Å². The molecule has 0 radical (unpaired) electrons. The molecule has 0 unspecified atom stereocenters. The van der Waals surface area contributed by atoms with Crippen molar-refractivity contribution in [2.45, 2.75) is 19.0 Å². The number of hydrogen-bond donors (Lipinski definition) is 3. The Morgan fingerprint density at radius 1 is 1.33 bits per heavy atom. The number of carbonyl (C=O) groups is 2. The van der Waals surface area contributed by atoms with Crippen molar-refractivity contribution >= 4 is 17.6 Å². The number of hydrogen-bond acceptors (Lipinski definition) is 3. The molecule has 0 spiro atoms. The summed E-state index contributed by atoms with van der Waals surface area (Å²) < 4.78 is 38.2. The number of rotatable bonds is 4. The second-order valence-corrected chi connectivity index (χ2v) is 5.07. The van der Waals surface area contributed by atoms with Crippen LogP contribution in [0.3, 0.4) is 0 Å². The second kappa shape index (κ2) is 4.94. The molecule has 1 aliphatic rings. The summed E-state index contributed by atoms with van der Waals surface area (Å²) in [6.07, 6.45) is -4.35. The van der Waals surface area contributed by atoms with Crippen molar-refractivity contribution in [1.29, 1.82) is 0 Å². The molecule has 2 rings (SSSR count). The fraction of sp³-hybridized carbons (Fsp3) is 0.385. The van der Waals surface area contributed by atoms with Gasteiger partial charge in [0.25, 0.3) is 5.91 Å². The van der Waals surface area contributed by atoms with Crippen molar-refractivity contribution in [3.63, 3.8) is 0 Å². The third-order valence-electron chi connectivity index (χ3n) is 3.59. The average Bonchev–Trinajstić information content (AvgIpc) is 3.15. The van der Waals surface area contributed by atoms with Crippen molar-refractivity contribution < 1.29 is 27.9 Å². The number of carboxylic acids is 1. The molecule has 0 atom stereocenters. The van der Waals surface area contributed by atoms with Crippen LogP contribution in [0.15, 0.2) is 18.2 Å². The molecule has 0 aromatic heterocycles. The fourth-order valence-electron chi connectivity index (χ4n) is 1.96. The molecule has 5 nitrogen and oxygen atoms in total. The Morgan fingerprint density at radius 3 is 2.38 bits per heavy atom. The lowest BCUT2D eigenvalue weighted by atomic mass is 10.1. The van der Waals surface area contributed by atoms with E-state index in [1.807, 2.05) is 0 Å². The van der Waals surface area contributed by atoms with Gasteiger partial charge in [-0.3, -0.25) is 4.79 Å². The quantitative estimate of drug-likeness (QED) is 0.742. The highest BCUT2D eigenvalue weighted by Crippen LogP contribution is 2.57. The van der Waals surface area contributed by atoms with Crippen molar-refractivity contribution in [1.82, 2.24) is 5.32 Å². The molecule has 21 heavy (non-hydrogen) atoms. The number of nitrogens with two attached hydrogens (primary N) is 1. The zero-order chi connectivity index (χ0) is 15.8. The normalized spacial score (nSPS) is 16.3. The Kier molecular flexibility index (Phi) is 3.56. The Hall–Kier alpha value is -2.25. The van der Waals surface area contributed by atoms with Crippen LogP contribution >= 0.6 is 0 Å². The van der Waals surface area contributed by atoms with Gasteiger partial charge < -0.3 is 16.2 Å². The van der Waals surface area contributed by atoms with Gasteiger partial charge in [-0.15, -0.1) is 0 Å². The number of carbonyl (C=O) groups excluding carboxylic acids is 1. The van der Waals surface area contributed by atoms with Crippen LogP contribution in [0.1, 0.15) is 33.6 Å². The monoisotopic (exact) mass is 302 g/mol. The van der Waals surface area contributed by atoms with Gasteiger partial charge in [0.15, 0.2) is 0 Å². The number of anilines is 1. The number of benzene rings is 1. The Labute approximate surface area is 117 Å². The van der Waals surface area contributed by atoms with Gasteiger partial charge in [-0.1, -0.05) is 0 Å². The predicted octanol–water partition coefficient (Wildman–Crippen LogP) is 2.04. The third kappa shape index (κ3) is 2.93. The highest BCUT2D eigenvalue weighted by atomic mass is 19.4. The van der Waals surface area contributed by atoms with Gasteiger partial charge in [-0.2, -0.15) is 13.2 Å². The van der Waals surface area contributed by atoms with Crippen molar-refractivity contribution in [3.8, 4) is 0 Å². The highest BCUT2D eigenvalue weighted by molar-refractivity contribution is 5.99. The Morgan fingerprint density at radius 2 is 1.95 bits per heavy atom. The van der Waals surface area contributed by atoms with E-state index in [-0.39, 0.29) is 29.7 Å². The summed E-state index contributed by atoms with van der Waals surface area (Å²) in [4.78, 5) is 22.6. The molecule has 4 N–H and O–H groups in total. The summed E-state index contributed by atoms with van der Waals surface area (Å²) in [6, 6.07) is 3.48. The summed E-state index contributed by atoms with van der Waals surface area (Å²) in [5.41, 5.74) is 3.40. The first-order valence-electron chi connectivity index (χ1n) is 6.14. The van der Waals surface area contributed by atoms with Crippen LogP contribution in [-0.4, -0.2) is 29.7 Å². The number of halogens is 3. The molecule has 0 aliphatic heterocycles. The third-order valence-corrected chi connectivity index (χ3v) is 3.59. The van der Waals surface area contributed by atoms with Gasteiger partial charge in [0.1, 0.15) is 0 Å². The van der Waals surface area contributed by atoms with Crippen LogP contribution in [0.25, 0.3) is 0 Å². The van der Waals surface area contributed by atoms with E-state index in [0.717, 1.165) is 12.1 Å². The molecular formula is C13H13F3N2O3. The molecule has 1 aliphatic carbocycles. The summed E-state index contributed by atoms with van der Waals surface area (Å²) in [6.45, 7) is -0.490. The van der Waals surface area contributed by atoms with E-state index >= 15 is 0 Å². The highest BCUT2D eigenvalue weighted by Gasteiger charge is 2.63. The molecule has 1 aromatic rings. The zero-order valence-corrected chi connectivity index (χ0v) is 10.8. The number of aromatic carboxylic acids is 1. The van der Waals surface area contributed by atoms with Crippen molar-refractivity contribution in [3.05, 3.63) is 29.3 Å². The molecule has 1 amide bonds.